The van der Waals surface area contributed by atoms with Gasteiger partial charge in [0.2, 0.25) is 0 Å². The van der Waals surface area contributed by atoms with Crippen LogP contribution in [0.1, 0.15) is 35.8 Å². The summed E-state index contributed by atoms with van der Waals surface area (Å²) in [5, 5.41) is 19.4. The highest BCUT2D eigenvalue weighted by Crippen LogP contribution is 2.38. The lowest BCUT2D eigenvalue weighted by atomic mass is 10.1. The van der Waals surface area contributed by atoms with Crippen molar-refractivity contribution in [2.75, 3.05) is 0 Å². The number of nitriles is 1. The Morgan fingerprint density at radius 3 is 2.71 bits per heavy atom. The summed E-state index contributed by atoms with van der Waals surface area (Å²) in [6.07, 6.45) is 3.73. The second-order valence-corrected chi connectivity index (χ2v) is 4.38. The molecule has 0 atom stereocenters. The number of carbonyl (C=O) groups excluding carboxylic acids is 1. The minimum Gasteiger partial charge on any atom is -0.544 e. The molecule has 4 nitrogen and oxygen atoms in total. The van der Waals surface area contributed by atoms with Crippen molar-refractivity contribution in [1.29, 1.82) is 5.26 Å². The lowest BCUT2D eigenvalue weighted by Gasteiger charge is -2.06. The number of carboxylic acid groups (broad SMARTS) is 1. The number of aromatic nitrogens is 1. The van der Waals surface area contributed by atoms with Gasteiger partial charge in [0, 0.05) is 17.4 Å². The smallest absolute Gasteiger partial charge is 0.101 e. The highest BCUT2D eigenvalue weighted by molar-refractivity contribution is 5.95. The molecule has 1 heterocycles. The van der Waals surface area contributed by atoms with Gasteiger partial charge in [-0.15, -0.1) is 0 Å². The molecule has 1 aromatic heterocycles. The Balaban J connectivity index is 2.44. The fourth-order valence-electron chi connectivity index (χ4n) is 2.14. The maximum atomic E-state index is 10.7. The van der Waals surface area contributed by atoms with E-state index in [4.69, 9.17) is 5.26 Å². The van der Waals surface area contributed by atoms with Gasteiger partial charge in [0.1, 0.15) is 6.07 Å². The Hall–Kier alpha value is -2.02. The summed E-state index contributed by atoms with van der Waals surface area (Å²) >= 11 is 0. The molecule has 1 saturated carbocycles. The average Bonchev–Trinajstić information content (AvgIpc) is 3.04. The van der Waals surface area contributed by atoms with E-state index in [1.165, 1.54) is 18.9 Å². The lowest BCUT2D eigenvalue weighted by molar-refractivity contribution is -0.298. The van der Waals surface area contributed by atoms with Crippen LogP contribution in [0.15, 0.2) is 11.6 Å². The first-order valence-corrected chi connectivity index (χ1v) is 5.56. The van der Waals surface area contributed by atoms with Gasteiger partial charge >= 0.3 is 0 Å². The molecule has 0 bridgehead atoms. The summed E-state index contributed by atoms with van der Waals surface area (Å²) in [7, 11) is 0. The number of hydrogen-bond donors (Lipinski definition) is 0. The van der Waals surface area contributed by atoms with Crippen LogP contribution in [0.4, 0.5) is 0 Å². The van der Waals surface area contributed by atoms with Crippen molar-refractivity contribution in [2.45, 2.75) is 32.7 Å². The number of hydrogen-bond acceptors (Lipinski definition) is 3. The third-order valence-electron chi connectivity index (χ3n) is 3.08. The topological polar surface area (TPSA) is 68.8 Å². The van der Waals surface area contributed by atoms with E-state index < -0.39 is 5.97 Å². The molecule has 17 heavy (non-hydrogen) atoms. The molecule has 1 aromatic rings. The summed E-state index contributed by atoms with van der Waals surface area (Å²) in [5.74, 6) is -1.43. The second kappa shape index (κ2) is 4.10. The normalized spacial score (nSPS) is 15.7. The summed E-state index contributed by atoms with van der Waals surface area (Å²) in [6.45, 7) is 3.94. The predicted octanol–water partition coefficient (Wildman–Crippen LogP) is 1.10. The van der Waals surface area contributed by atoms with Crippen molar-refractivity contribution in [3.63, 3.8) is 0 Å². The molecule has 0 N–H and O–H groups in total. The number of aryl methyl sites for hydroxylation is 1. The van der Waals surface area contributed by atoms with E-state index in [-0.39, 0.29) is 5.57 Å². The Kier molecular flexibility index (Phi) is 2.76. The van der Waals surface area contributed by atoms with E-state index in [9.17, 15) is 9.90 Å². The van der Waals surface area contributed by atoms with Crippen LogP contribution in [0.25, 0.3) is 6.08 Å². The van der Waals surface area contributed by atoms with Gasteiger partial charge in [-0.1, -0.05) is 0 Å². The summed E-state index contributed by atoms with van der Waals surface area (Å²) in [4.78, 5) is 10.7. The largest absolute Gasteiger partial charge is 0.544 e. The van der Waals surface area contributed by atoms with Gasteiger partial charge < -0.3 is 14.5 Å². The molecule has 1 fully saturated rings. The number of nitrogens with zero attached hydrogens (tertiary/aromatic N) is 2. The predicted molar refractivity (Wildman–Crippen MR) is 60.8 cm³/mol. The number of aliphatic carboxylic acids is 1. The van der Waals surface area contributed by atoms with E-state index in [1.807, 2.05) is 19.9 Å². The fourth-order valence-corrected chi connectivity index (χ4v) is 2.14. The van der Waals surface area contributed by atoms with E-state index in [0.717, 1.165) is 17.0 Å². The van der Waals surface area contributed by atoms with Crippen LogP contribution in [0.2, 0.25) is 0 Å². The summed E-state index contributed by atoms with van der Waals surface area (Å²) in [6, 6.07) is 4.10. The van der Waals surface area contributed by atoms with E-state index in [2.05, 4.69) is 4.57 Å². The van der Waals surface area contributed by atoms with Crippen molar-refractivity contribution in [3.05, 3.63) is 28.6 Å². The quantitative estimate of drug-likeness (QED) is 0.575. The molecular weight excluding hydrogens is 216 g/mol. The van der Waals surface area contributed by atoms with Crippen molar-refractivity contribution in [1.82, 2.24) is 4.57 Å². The standard InChI is InChI=1S/C13H14N2O2/c1-8-5-10(6-11(7-14)13(16)17)9(2)15(8)12-3-4-12/h5-6,12H,3-4H2,1-2H3,(H,16,17)/p-1/b11-6+. The van der Waals surface area contributed by atoms with Gasteiger partial charge in [-0.3, -0.25) is 0 Å². The van der Waals surface area contributed by atoms with Crippen molar-refractivity contribution >= 4 is 12.0 Å². The van der Waals surface area contributed by atoms with E-state index in [1.54, 1.807) is 6.07 Å². The molecule has 0 saturated heterocycles. The molecule has 0 unspecified atom stereocenters. The molecule has 0 spiro atoms. The van der Waals surface area contributed by atoms with Crippen molar-refractivity contribution in [3.8, 4) is 6.07 Å². The van der Waals surface area contributed by atoms with Crippen LogP contribution in [0, 0.1) is 25.2 Å². The average molecular weight is 229 g/mol. The first-order chi connectivity index (χ1) is 8.04. The monoisotopic (exact) mass is 229 g/mol. The molecular formula is C13H13N2O2-. The van der Waals surface area contributed by atoms with Crippen LogP contribution in [0.3, 0.4) is 0 Å². The van der Waals surface area contributed by atoms with Crippen LogP contribution in [-0.2, 0) is 4.79 Å². The van der Waals surface area contributed by atoms with Crippen LogP contribution < -0.4 is 5.11 Å². The van der Waals surface area contributed by atoms with Crippen molar-refractivity contribution in [2.24, 2.45) is 0 Å². The zero-order valence-electron chi connectivity index (χ0n) is 9.86. The van der Waals surface area contributed by atoms with Gasteiger partial charge in [0.25, 0.3) is 0 Å². The lowest BCUT2D eigenvalue weighted by Crippen LogP contribution is -2.23. The summed E-state index contributed by atoms with van der Waals surface area (Å²) < 4.78 is 2.20. The van der Waals surface area contributed by atoms with Crippen LogP contribution in [-0.4, -0.2) is 10.5 Å². The Bertz CT molecular complexity index is 543. The van der Waals surface area contributed by atoms with E-state index >= 15 is 0 Å². The molecule has 0 aromatic carbocycles. The Morgan fingerprint density at radius 1 is 1.59 bits per heavy atom. The first kappa shape index (κ1) is 11.5. The highest BCUT2D eigenvalue weighted by Gasteiger charge is 2.26. The maximum absolute atomic E-state index is 10.7. The second-order valence-electron chi connectivity index (χ2n) is 4.38. The van der Waals surface area contributed by atoms with Gasteiger partial charge in [0.05, 0.1) is 11.5 Å². The zero-order chi connectivity index (χ0) is 12.6. The maximum Gasteiger partial charge on any atom is 0.101 e. The third kappa shape index (κ3) is 2.09. The van der Waals surface area contributed by atoms with E-state index in [0.29, 0.717) is 6.04 Å². The van der Waals surface area contributed by atoms with Gasteiger partial charge in [-0.05, 0) is 44.4 Å². The third-order valence-corrected chi connectivity index (χ3v) is 3.08. The minimum absolute atomic E-state index is 0.332. The Labute approximate surface area is 99.8 Å². The van der Waals surface area contributed by atoms with Crippen molar-refractivity contribution < 1.29 is 9.90 Å². The molecule has 0 amide bonds. The molecule has 4 heteroatoms. The Morgan fingerprint density at radius 2 is 2.24 bits per heavy atom. The molecule has 88 valence electrons. The number of rotatable bonds is 3. The number of carboxylic acids is 1. The summed E-state index contributed by atoms with van der Waals surface area (Å²) in [5.41, 5.74) is 2.57. The highest BCUT2D eigenvalue weighted by atomic mass is 16.4. The minimum atomic E-state index is -1.43. The fraction of sp³-hybridized carbons (Fsp3) is 0.385. The van der Waals surface area contributed by atoms with Crippen LogP contribution in [0.5, 0.6) is 0 Å². The zero-order valence-corrected chi connectivity index (χ0v) is 9.86. The first-order valence-electron chi connectivity index (χ1n) is 5.56. The van der Waals surface area contributed by atoms with Gasteiger partial charge in [0.15, 0.2) is 0 Å². The van der Waals surface area contributed by atoms with Crippen LogP contribution >= 0.6 is 0 Å². The van der Waals surface area contributed by atoms with Gasteiger partial charge in [-0.2, -0.15) is 5.26 Å². The van der Waals surface area contributed by atoms with Gasteiger partial charge in [-0.25, -0.2) is 0 Å². The molecule has 1 aliphatic rings. The molecule has 1 aliphatic carbocycles. The number of carbonyl (C=O) groups is 1. The SMILES string of the molecule is Cc1cc(/C=C(\C#N)C(=O)[O-])c(C)n1C1CC1. The molecule has 0 radical (unpaired) electrons. The molecule has 2 rings (SSSR count). The molecule has 0 aliphatic heterocycles.